The SMILES string of the molecule is CCCCCN1CCN(S(=O)(=O)c2ccc(OC)cc2)CC1. The summed E-state index contributed by atoms with van der Waals surface area (Å²) in [5.41, 5.74) is 0. The van der Waals surface area contributed by atoms with E-state index in [-0.39, 0.29) is 0 Å². The molecule has 0 spiro atoms. The zero-order chi connectivity index (χ0) is 16.0. The lowest BCUT2D eigenvalue weighted by Crippen LogP contribution is -2.48. The molecule has 0 aromatic heterocycles. The lowest BCUT2D eigenvalue weighted by atomic mass is 10.2. The largest absolute Gasteiger partial charge is 0.497 e. The normalized spacial score (nSPS) is 17.5. The molecule has 0 atom stereocenters. The standard InChI is InChI=1S/C16H26N2O3S/c1-3-4-5-10-17-11-13-18(14-12-17)22(19,20)16-8-6-15(21-2)7-9-16/h6-9H,3-5,10-14H2,1-2H3. The Kier molecular flexibility index (Phi) is 6.23. The minimum Gasteiger partial charge on any atom is -0.497 e. The van der Waals surface area contributed by atoms with Gasteiger partial charge >= 0.3 is 0 Å². The summed E-state index contributed by atoms with van der Waals surface area (Å²) < 4.78 is 31.9. The van der Waals surface area contributed by atoms with Crippen LogP contribution >= 0.6 is 0 Å². The molecule has 1 heterocycles. The summed E-state index contributed by atoms with van der Waals surface area (Å²) in [7, 11) is -1.81. The topological polar surface area (TPSA) is 49.9 Å². The maximum atomic E-state index is 12.6. The van der Waals surface area contributed by atoms with E-state index in [1.165, 1.54) is 19.3 Å². The van der Waals surface area contributed by atoms with Gasteiger partial charge in [-0.25, -0.2) is 8.42 Å². The second-order valence-electron chi connectivity index (χ2n) is 5.63. The zero-order valence-electron chi connectivity index (χ0n) is 13.5. The van der Waals surface area contributed by atoms with Crippen LogP contribution in [0.4, 0.5) is 0 Å². The van der Waals surface area contributed by atoms with Gasteiger partial charge in [0.15, 0.2) is 0 Å². The van der Waals surface area contributed by atoms with E-state index in [2.05, 4.69) is 11.8 Å². The number of sulfonamides is 1. The van der Waals surface area contributed by atoms with Crippen molar-refractivity contribution in [3.05, 3.63) is 24.3 Å². The van der Waals surface area contributed by atoms with Crippen molar-refractivity contribution in [2.24, 2.45) is 0 Å². The molecule has 0 radical (unpaired) electrons. The van der Waals surface area contributed by atoms with Crippen LogP contribution < -0.4 is 4.74 Å². The van der Waals surface area contributed by atoms with E-state index in [4.69, 9.17) is 4.74 Å². The highest BCUT2D eigenvalue weighted by Crippen LogP contribution is 2.20. The van der Waals surface area contributed by atoms with Gasteiger partial charge in [-0.15, -0.1) is 0 Å². The second kappa shape index (κ2) is 7.94. The van der Waals surface area contributed by atoms with Crippen LogP contribution in [-0.4, -0.2) is 57.5 Å². The van der Waals surface area contributed by atoms with E-state index < -0.39 is 10.0 Å². The summed E-state index contributed by atoms with van der Waals surface area (Å²) >= 11 is 0. The van der Waals surface area contributed by atoms with Gasteiger partial charge in [0.05, 0.1) is 12.0 Å². The predicted octanol–water partition coefficient (Wildman–Crippen LogP) is 2.19. The summed E-state index contributed by atoms with van der Waals surface area (Å²) in [6.45, 7) is 6.04. The van der Waals surface area contributed by atoms with Crippen molar-refractivity contribution in [2.75, 3.05) is 39.8 Å². The molecule has 124 valence electrons. The first-order chi connectivity index (χ1) is 10.6. The van der Waals surface area contributed by atoms with Gasteiger partial charge in [0.25, 0.3) is 0 Å². The number of nitrogens with zero attached hydrogens (tertiary/aromatic N) is 2. The van der Waals surface area contributed by atoms with Crippen molar-refractivity contribution in [3.8, 4) is 5.75 Å². The Labute approximate surface area is 133 Å². The molecule has 0 amide bonds. The smallest absolute Gasteiger partial charge is 0.243 e. The van der Waals surface area contributed by atoms with E-state index >= 15 is 0 Å². The van der Waals surface area contributed by atoms with Crippen molar-refractivity contribution in [3.63, 3.8) is 0 Å². The molecule has 1 aliphatic rings. The van der Waals surface area contributed by atoms with Crippen LogP contribution in [0.1, 0.15) is 26.2 Å². The van der Waals surface area contributed by atoms with Crippen LogP contribution in [0.15, 0.2) is 29.2 Å². The average Bonchev–Trinajstić information content (AvgIpc) is 2.55. The number of piperazine rings is 1. The Balaban J connectivity index is 1.94. The molecule has 6 heteroatoms. The third kappa shape index (κ3) is 4.21. The molecular formula is C16H26N2O3S. The molecule has 1 fully saturated rings. The Hall–Kier alpha value is -1.11. The highest BCUT2D eigenvalue weighted by atomic mass is 32.2. The van der Waals surface area contributed by atoms with Gasteiger partial charge in [0, 0.05) is 26.2 Å². The number of unbranched alkanes of at least 4 members (excludes halogenated alkanes) is 2. The first-order valence-corrected chi connectivity index (χ1v) is 9.38. The first-order valence-electron chi connectivity index (χ1n) is 7.94. The number of hydrogen-bond acceptors (Lipinski definition) is 4. The van der Waals surface area contributed by atoms with Gasteiger partial charge in [-0.05, 0) is 37.2 Å². The summed E-state index contributed by atoms with van der Waals surface area (Å²) in [5, 5.41) is 0. The van der Waals surface area contributed by atoms with E-state index in [9.17, 15) is 8.42 Å². The van der Waals surface area contributed by atoms with Crippen LogP contribution in [0.3, 0.4) is 0 Å². The lowest BCUT2D eigenvalue weighted by Gasteiger charge is -2.34. The van der Waals surface area contributed by atoms with E-state index in [0.29, 0.717) is 23.7 Å². The van der Waals surface area contributed by atoms with Crippen molar-refractivity contribution in [2.45, 2.75) is 31.1 Å². The Morgan fingerprint density at radius 2 is 1.68 bits per heavy atom. The molecule has 0 bridgehead atoms. The summed E-state index contributed by atoms with van der Waals surface area (Å²) in [4.78, 5) is 2.70. The van der Waals surface area contributed by atoms with Gasteiger partial charge in [-0.3, -0.25) is 0 Å². The maximum Gasteiger partial charge on any atom is 0.243 e. The van der Waals surface area contributed by atoms with Crippen LogP contribution in [0, 0.1) is 0 Å². The van der Waals surface area contributed by atoms with Crippen LogP contribution in [0.2, 0.25) is 0 Å². The van der Waals surface area contributed by atoms with E-state index in [1.807, 2.05) is 0 Å². The predicted molar refractivity (Wildman–Crippen MR) is 87.7 cm³/mol. The summed E-state index contributed by atoms with van der Waals surface area (Å²) in [5.74, 6) is 0.666. The highest BCUT2D eigenvalue weighted by Gasteiger charge is 2.28. The molecule has 1 aliphatic heterocycles. The molecule has 0 aliphatic carbocycles. The molecule has 5 nitrogen and oxygen atoms in total. The Morgan fingerprint density at radius 1 is 1.05 bits per heavy atom. The third-order valence-corrected chi connectivity index (χ3v) is 6.02. The maximum absolute atomic E-state index is 12.6. The molecule has 1 aromatic rings. The molecule has 0 N–H and O–H groups in total. The van der Waals surface area contributed by atoms with Crippen LogP contribution in [-0.2, 0) is 10.0 Å². The van der Waals surface area contributed by atoms with Gasteiger partial charge in [0.1, 0.15) is 5.75 Å². The molecule has 1 saturated heterocycles. The fraction of sp³-hybridized carbons (Fsp3) is 0.625. The minimum atomic E-state index is -3.38. The fourth-order valence-electron chi connectivity index (χ4n) is 2.68. The molecule has 0 saturated carbocycles. The number of rotatable bonds is 7. The van der Waals surface area contributed by atoms with Crippen molar-refractivity contribution < 1.29 is 13.2 Å². The monoisotopic (exact) mass is 326 g/mol. The Morgan fingerprint density at radius 3 is 2.23 bits per heavy atom. The number of methoxy groups -OCH3 is 1. The molecule has 1 aromatic carbocycles. The first kappa shape index (κ1) is 17.2. The van der Waals surface area contributed by atoms with Crippen LogP contribution in [0.5, 0.6) is 5.75 Å². The molecule has 0 unspecified atom stereocenters. The lowest BCUT2D eigenvalue weighted by molar-refractivity contribution is 0.185. The minimum absolute atomic E-state index is 0.340. The van der Waals surface area contributed by atoms with Gasteiger partial charge in [-0.1, -0.05) is 19.8 Å². The van der Waals surface area contributed by atoms with Gasteiger partial charge < -0.3 is 9.64 Å². The van der Waals surface area contributed by atoms with E-state index in [0.717, 1.165) is 19.6 Å². The summed E-state index contributed by atoms with van der Waals surface area (Å²) in [6, 6.07) is 6.60. The average molecular weight is 326 g/mol. The quantitative estimate of drug-likeness (QED) is 0.721. The highest BCUT2D eigenvalue weighted by molar-refractivity contribution is 7.89. The molecule has 2 rings (SSSR count). The number of benzene rings is 1. The van der Waals surface area contributed by atoms with Crippen molar-refractivity contribution in [1.82, 2.24) is 9.21 Å². The second-order valence-corrected chi connectivity index (χ2v) is 7.57. The van der Waals surface area contributed by atoms with Gasteiger partial charge in [-0.2, -0.15) is 4.31 Å². The fourth-order valence-corrected chi connectivity index (χ4v) is 4.10. The molecule has 22 heavy (non-hydrogen) atoms. The molecular weight excluding hydrogens is 300 g/mol. The van der Waals surface area contributed by atoms with Crippen LogP contribution in [0.25, 0.3) is 0 Å². The van der Waals surface area contributed by atoms with Crippen molar-refractivity contribution in [1.29, 1.82) is 0 Å². The van der Waals surface area contributed by atoms with Gasteiger partial charge in [0.2, 0.25) is 10.0 Å². The number of hydrogen-bond donors (Lipinski definition) is 0. The zero-order valence-corrected chi connectivity index (χ0v) is 14.3. The third-order valence-electron chi connectivity index (χ3n) is 4.11. The number of ether oxygens (including phenoxy) is 1. The van der Waals surface area contributed by atoms with Crippen molar-refractivity contribution >= 4 is 10.0 Å². The summed E-state index contributed by atoms with van der Waals surface area (Å²) in [6.07, 6.45) is 3.65. The Bertz CT molecular complexity index is 549. The van der Waals surface area contributed by atoms with E-state index in [1.54, 1.807) is 35.7 Å².